The Kier molecular flexibility index (Phi) is 7.44. The lowest BCUT2D eigenvalue weighted by Crippen LogP contribution is -2.58. The summed E-state index contributed by atoms with van der Waals surface area (Å²) in [4.78, 5) is 10.5. The molecule has 3 aliphatic rings. The molecule has 2 aliphatic heterocycles. The van der Waals surface area contributed by atoms with Gasteiger partial charge in [0.2, 0.25) is 5.96 Å². The van der Waals surface area contributed by atoms with Crippen LogP contribution in [0.2, 0.25) is 0 Å². The maximum atomic E-state index is 13.3. The summed E-state index contributed by atoms with van der Waals surface area (Å²) < 4.78 is 21.4. The standard InChI is InChI=1S/C27H36N4O2S/c1-21(2)23-8-10-26(11-9-23)34(32)31-13-12-28-27(31)30-16-14-29(15-17-30)24-18-25(19-24)33-20-22-6-4-3-5-7-22/h3-11,21,24-25H,12-20H2,1-2H3. The zero-order valence-electron chi connectivity index (χ0n) is 20.3. The van der Waals surface area contributed by atoms with Crippen molar-refractivity contribution in [2.24, 2.45) is 4.99 Å². The highest BCUT2D eigenvalue weighted by atomic mass is 32.2. The number of nitrogens with zero attached hydrogens (tertiary/aromatic N) is 4. The highest BCUT2D eigenvalue weighted by molar-refractivity contribution is 7.89. The second-order valence-corrected chi connectivity index (χ2v) is 11.2. The Morgan fingerprint density at radius 2 is 1.68 bits per heavy atom. The Balaban J connectivity index is 1.09. The van der Waals surface area contributed by atoms with Crippen molar-refractivity contribution in [3.63, 3.8) is 0 Å². The minimum absolute atomic E-state index is 0.377. The van der Waals surface area contributed by atoms with Gasteiger partial charge in [-0.25, -0.2) is 4.99 Å². The summed E-state index contributed by atoms with van der Waals surface area (Å²) in [5.41, 5.74) is 2.52. The predicted molar refractivity (Wildman–Crippen MR) is 137 cm³/mol. The average molecular weight is 481 g/mol. The van der Waals surface area contributed by atoms with Crippen LogP contribution in [0.5, 0.6) is 0 Å². The number of rotatable bonds is 7. The molecule has 7 heteroatoms. The molecule has 0 radical (unpaired) electrons. The Labute approximate surface area is 206 Å². The molecule has 1 saturated heterocycles. The molecule has 6 nitrogen and oxygen atoms in total. The molecule has 1 atom stereocenters. The van der Waals surface area contributed by atoms with Gasteiger partial charge in [0.15, 0.2) is 4.90 Å². The summed E-state index contributed by atoms with van der Waals surface area (Å²) in [7, 11) is 0. The number of hydrogen-bond donors (Lipinski definition) is 0. The van der Waals surface area contributed by atoms with Crippen LogP contribution in [0.15, 0.2) is 64.5 Å². The average Bonchev–Trinajstić information content (AvgIpc) is 3.34. The largest absolute Gasteiger partial charge is 0.588 e. The van der Waals surface area contributed by atoms with E-state index in [2.05, 4.69) is 60.0 Å². The fraction of sp³-hybridized carbons (Fsp3) is 0.519. The summed E-state index contributed by atoms with van der Waals surface area (Å²) in [6.07, 6.45) is 2.62. The van der Waals surface area contributed by atoms with E-state index in [0.717, 1.165) is 56.4 Å². The monoisotopic (exact) mass is 480 g/mol. The molecule has 1 aliphatic carbocycles. The van der Waals surface area contributed by atoms with Crippen molar-refractivity contribution < 1.29 is 9.29 Å². The van der Waals surface area contributed by atoms with Gasteiger partial charge in [-0.15, -0.1) is 0 Å². The molecule has 0 bridgehead atoms. The van der Waals surface area contributed by atoms with Crippen molar-refractivity contribution >= 4 is 17.3 Å². The smallest absolute Gasteiger partial charge is 0.240 e. The second-order valence-electron chi connectivity index (χ2n) is 9.82. The lowest BCUT2D eigenvalue weighted by molar-refractivity contribution is -0.0647. The van der Waals surface area contributed by atoms with E-state index in [4.69, 9.17) is 9.73 Å². The van der Waals surface area contributed by atoms with Gasteiger partial charge < -0.3 is 14.2 Å². The molecule has 1 saturated carbocycles. The van der Waals surface area contributed by atoms with Crippen LogP contribution in [-0.2, 0) is 22.7 Å². The van der Waals surface area contributed by atoms with Crippen molar-refractivity contribution in [3.8, 4) is 0 Å². The number of guanidine groups is 1. The highest BCUT2D eigenvalue weighted by Crippen LogP contribution is 2.30. The zero-order chi connectivity index (χ0) is 23.5. The van der Waals surface area contributed by atoms with Crippen LogP contribution in [-0.4, -0.2) is 76.0 Å². The van der Waals surface area contributed by atoms with E-state index in [1.807, 2.05) is 22.5 Å². The Morgan fingerprint density at radius 3 is 2.35 bits per heavy atom. The van der Waals surface area contributed by atoms with Gasteiger partial charge in [-0.1, -0.05) is 56.3 Å². The molecular formula is C27H36N4O2S. The quantitative estimate of drug-likeness (QED) is 0.563. The minimum atomic E-state index is -1.21. The molecule has 0 N–H and O–H groups in total. The molecule has 2 fully saturated rings. The first-order valence-corrected chi connectivity index (χ1v) is 13.7. The topological polar surface area (TPSA) is 54.4 Å². The van der Waals surface area contributed by atoms with Gasteiger partial charge in [-0.05, 0) is 42.0 Å². The zero-order valence-corrected chi connectivity index (χ0v) is 21.1. The molecule has 2 heterocycles. The van der Waals surface area contributed by atoms with E-state index in [-0.39, 0.29) is 0 Å². The molecule has 5 rings (SSSR count). The fourth-order valence-corrected chi connectivity index (χ4v) is 6.17. The highest BCUT2D eigenvalue weighted by Gasteiger charge is 2.38. The Hall–Kier alpha value is -2.06. The third-order valence-electron chi connectivity index (χ3n) is 7.24. The van der Waals surface area contributed by atoms with Gasteiger partial charge in [-0.3, -0.25) is 4.90 Å². The van der Waals surface area contributed by atoms with Crippen LogP contribution in [0, 0.1) is 0 Å². The van der Waals surface area contributed by atoms with Crippen molar-refractivity contribution in [2.75, 3.05) is 39.3 Å². The normalized spacial score (nSPS) is 24.3. The van der Waals surface area contributed by atoms with E-state index in [1.165, 1.54) is 11.1 Å². The molecule has 34 heavy (non-hydrogen) atoms. The lowest BCUT2D eigenvalue weighted by Gasteiger charge is -2.46. The molecular weight excluding hydrogens is 444 g/mol. The van der Waals surface area contributed by atoms with Gasteiger partial charge in [0.05, 0.1) is 25.8 Å². The first-order chi connectivity index (χ1) is 16.6. The maximum Gasteiger partial charge on any atom is 0.240 e. The number of benzene rings is 2. The minimum Gasteiger partial charge on any atom is -0.588 e. The summed E-state index contributed by atoms with van der Waals surface area (Å²) in [5.74, 6) is 1.38. The maximum absolute atomic E-state index is 13.3. The van der Waals surface area contributed by atoms with E-state index in [1.54, 1.807) is 0 Å². The van der Waals surface area contributed by atoms with Crippen molar-refractivity contribution in [2.45, 2.75) is 56.3 Å². The van der Waals surface area contributed by atoms with Crippen molar-refractivity contribution in [1.29, 1.82) is 0 Å². The summed E-state index contributed by atoms with van der Waals surface area (Å²) in [5, 5.41) is 0. The molecule has 2 aromatic rings. The lowest BCUT2D eigenvalue weighted by atomic mass is 9.87. The van der Waals surface area contributed by atoms with Crippen LogP contribution in [0.4, 0.5) is 0 Å². The van der Waals surface area contributed by atoms with Crippen LogP contribution >= 0.6 is 0 Å². The summed E-state index contributed by atoms with van der Waals surface area (Å²) >= 11 is -1.21. The number of ether oxygens (including phenoxy) is 1. The van der Waals surface area contributed by atoms with Gasteiger partial charge in [0.1, 0.15) is 11.4 Å². The number of piperazine rings is 1. The Morgan fingerprint density at radius 1 is 0.971 bits per heavy atom. The predicted octanol–water partition coefficient (Wildman–Crippen LogP) is 3.87. The second kappa shape index (κ2) is 10.7. The third kappa shape index (κ3) is 5.28. The van der Waals surface area contributed by atoms with Gasteiger partial charge in [-0.2, -0.15) is 4.31 Å². The SMILES string of the molecule is CC(C)c1ccc([S+]([O-])N2CCN=C2N2CCN(C3CC(OCc4ccccc4)C3)CC2)cc1. The van der Waals surface area contributed by atoms with Crippen LogP contribution in [0.1, 0.15) is 43.7 Å². The van der Waals surface area contributed by atoms with Crippen LogP contribution < -0.4 is 0 Å². The molecule has 1 unspecified atom stereocenters. The van der Waals surface area contributed by atoms with E-state index in [0.29, 0.717) is 31.2 Å². The molecule has 0 amide bonds. The molecule has 2 aromatic carbocycles. The Bertz CT molecular complexity index is 954. The van der Waals surface area contributed by atoms with E-state index in [9.17, 15) is 4.55 Å². The van der Waals surface area contributed by atoms with Crippen LogP contribution in [0.25, 0.3) is 0 Å². The van der Waals surface area contributed by atoms with Gasteiger partial charge in [0, 0.05) is 32.2 Å². The molecule has 0 aromatic heterocycles. The van der Waals surface area contributed by atoms with Gasteiger partial charge >= 0.3 is 0 Å². The number of aliphatic imine (C=N–C) groups is 1. The summed E-state index contributed by atoms with van der Waals surface area (Å²) in [6, 6.07) is 19.2. The third-order valence-corrected chi connectivity index (χ3v) is 8.66. The number of hydrogen-bond acceptors (Lipinski definition) is 6. The fourth-order valence-electron chi connectivity index (χ4n) is 4.98. The van der Waals surface area contributed by atoms with E-state index >= 15 is 0 Å². The first kappa shape index (κ1) is 23.7. The van der Waals surface area contributed by atoms with Crippen molar-refractivity contribution in [3.05, 3.63) is 65.7 Å². The van der Waals surface area contributed by atoms with Crippen molar-refractivity contribution in [1.82, 2.24) is 14.1 Å². The van der Waals surface area contributed by atoms with E-state index < -0.39 is 11.4 Å². The summed E-state index contributed by atoms with van der Waals surface area (Å²) in [6.45, 7) is 10.4. The first-order valence-electron chi connectivity index (χ1n) is 12.6. The van der Waals surface area contributed by atoms with Crippen LogP contribution in [0.3, 0.4) is 0 Å². The molecule has 182 valence electrons. The molecule has 0 spiro atoms. The van der Waals surface area contributed by atoms with Gasteiger partial charge in [0.25, 0.3) is 0 Å².